The summed E-state index contributed by atoms with van der Waals surface area (Å²) in [6.45, 7) is 3.88. The number of amides is 1. The highest BCUT2D eigenvalue weighted by molar-refractivity contribution is 6.16. The van der Waals surface area contributed by atoms with E-state index in [-0.39, 0.29) is 11.4 Å². The van der Waals surface area contributed by atoms with Crippen molar-refractivity contribution in [2.45, 2.75) is 13.8 Å². The fraction of sp³-hybridized carbons (Fsp3) is 0.107. The van der Waals surface area contributed by atoms with Gasteiger partial charge in [-0.05, 0) is 60.9 Å². The zero-order valence-electron chi connectivity index (χ0n) is 20.5. The number of para-hydroxylation sites is 2. The van der Waals surface area contributed by atoms with Crippen LogP contribution in [0.2, 0.25) is 0 Å². The van der Waals surface area contributed by atoms with Crippen LogP contribution in [0.5, 0.6) is 0 Å². The van der Waals surface area contributed by atoms with Crippen LogP contribution in [-0.2, 0) is 4.74 Å². The molecule has 0 aliphatic rings. The summed E-state index contributed by atoms with van der Waals surface area (Å²) in [5, 5.41) is 7.48. The fourth-order valence-electron chi connectivity index (χ4n) is 3.99. The van der Waals surface area contributed by atoms with Crippen molar-refractivity contribution < 1.29 is 14.3 Å². The molecule has 0 saturated heterocycles. The van der Waals surface area contributed by atoms with Gasteiger partial charge < -0.3 is 15.8 Å². The Kier molecular flexibility index (Phi) is 6.10. The van der Waals surface area contributed by atoms with Gasteiger partial charge in [0, 0.05) is 5.69 Å². The van der Waals surface area contributed by atoms with E-state index in [1.807, 2.05) is 56.3 Å². The van der Waals surface area contributed by atoms with E-state index in [4.69, 9.17) is 20.4 Å². The molecule has 0 saturated carbocycles. The predicted molar refractivity (Wildman–Crippen MR) is 144 cm³/mol. The van der Waals surface area contributed by atoms with Crippen LogP contribution in [0, 0.1) is 13.8 Å². The molecule has 3 N–H and O–H groups in total. The predicted octanol–water partition coefficient (Wildman–Crippen LogP) is 4.70. The zero-order chi connectivity index (χ0) is 26.1. The lowest BCUT2D eigenvalue weighted by atomic mass is 10.1. The number of nitrogens with two attached hydrogens (primary N) is 1. The average Bonchev–Trinajstić information content (AvgIpc) is 3.17. The number of aromatic nitrogens is 3. The van der Waals surface area contributed by atoms with E-state index in [0.717, 1.165) is 11.1 Å². The number of benzene rings is 3. The number of nitrogens with one attached hydrogen (secondary N) is 1. The molecular formula is C28H24N6O3. The number of anilines is 2. The van der Waals surface area contributed by atoms with Crippen LogP contribution in [0.4, 0.5) is 11.5 Å². The first kappa shape index (κ1) is 23.7. The van der Waals surface area contributed by atoms with Crippen molar-refractivity contribution in [3.05, 3.63) is 94.5 Å². The average molecular weight is 493 g/mol. The molecular weight excluding hydrogens is 468 g/mol. The first-order valence-electron chi connectivity index (χ1n) is 11.5. The third-order valence-corrected chi connectivity index (χ3v) is 6.00. The van der Waals surface area contributed by atoms with Crippen LogP contribution < -0.4 is 11.1 Å². The van der Waals surface area contributed by atoms with E-state index in [1.165, 1.54) is 11.8 Å². The van der Waals surface area contributed by atoms with E-state index in [9.17, 15) is 9.59 Å². The van der Waals surface area contributed by atoms with Crippen LogP contribution in [0.3, 0.4) is 0 Å². The Morgan fingerprint density at radius 3 is 2.41 bits per heavy atom. The SMILES string of the molecule is COC(=O)c1ccc(/C=N\n2c(N)c(C(=O)Nc3cc(C)ccc3C)c3nc4ccccc4nc32)cc1. The minimum absolute atomic E-state index is 0.107. The van der Waals surface area contributed by atoms with Gasteiger partial charge in [-0.3, -0.25) is 4.79 Å². The quantitative estimate of drug-likeness (QED) is 0.271. The highest BCUT2D eigenvalue weighted by atomic mass is 16.5. The number of hydrogen-bond acceptors (Lipinski definition) is 7. The number of ether oxygens (including phenoxy) is 1. The number of aryl methyl sites for hydroxylation is 2. The molecule has 184 valence electrons. The van der Waals surface area contributed by atoms with Crippen LogP contribution in [0.1, 0.15) is 37.4 Å². The van der Waals surface area contributed by atoms with Crippen LogP contribution >= 0.6 is 0 Å². The molecule has 0 aliphatic heterocycles. The Hall–Kier alpha value is -5.05. The number of nitrogen functional groups attached to an aromatic ring is 1. The van der Waals surface area contributed by atoms with E-state index in [2.05, 4.69) is 10.4 Å². The Morgan fingerprint density at radius 2 is 1.70 bits per heavy atom. The monoisotopic (exact) mass is 492 g/mol. The largest absolute Gasteiger partial charge is 0.465 e. The normalized spacial score (nSPS) is 11.3. The molecule has 5 rings (SSSR count). The molecule has 0 fully saturated rings. The van der Waals surface area contributed by atoms with Gasteiger partial charge >= 0.3 is 5.97 Å². The number of nitrogens with zero attached hydrogens (tertiary/aromatic N) is 4. The highest BCUT2D eigenvalue weighted by Gasteiger charge is 2.24. The van der Waals surface area contributed by atoms with Crippen LogP contribution in [0.15, 0.2) is 71.8 Å². The minimum Gasteiger partial charge on any atom is -0.465 e. The zero-order valence-corrected chi connectivity index (χ0v) is 20.5. The molecule has 0 spiro atoms. The minimum atomic E-state index is -0.425. The van der Waals surface area contributed by atoms with Gasteiger partial charge in [-0.15, -0.1) is 0 Å². The van der Waals surface area contributed by atoms with E-state index in [0.29, 0.717) is 39.0 Å². The number of methoxy groups -OCH3 is 1. The summed E-state index contributed by atoms with van der Waals surface area (Å²) < 4.78 is 6.14. The lowest BCUT2D eigenvalue weighted by Gasteiger charge is -2.09. The molecule has 0 atom stereocenters. The Morgan fingerprint density at radius 1 is 1.00 bits per heavy atom. The lowest BCUT2D eigenvalue weighted by Crippen LogP contribution is -2.15. The van der Waals surface area contributed by atoms with Crippen LogP contribution in [0.25, 0.3) is 22.2 Å². The van der Waals surface area contributed by atoms with Gasteiger partial charge in [0.25, 0.3) is 5.91 Å². The molecule has 3 aromatic carbocycles. The summed E-state index contributed by atoms with van der Waals surface area (Å²) in [6, 6.07) is 19.9. The molecule has 0 unspecified atom stereocenters. The van der Waals surface area contributed by atoms with Crippen LogP contribution in [-0.4, -0.2) is 39.8 Å². The molecule has 0 bridgehead atoms. The summed E-state index contributed by atoms with van der Waals surface area (Å²) in [7, 11) is 1.33. The Balaban J connectivity index is 1.61. The molecule has 1 amide bonds. The van der Waals surface area contributed by atoms with E-state index >= 15 is 0 Å². The van der Waals surface area contributed by atoms with Gasteiger partial charge in [-0.2, -0.15) is 9.78 Å². The first-order valence-corrected chi connectivity index (χ1v) is 11.5. The second-order valence-electron chi connectivity index (χ2n) is 8.59. The molecule has 2 heterocycles. The van der Waals surface area contributed by atoms with E-state index in [1.54, 1.807) is 30.5 Å². The number of carbonyl (C=O) groups is 2. The third kappa shape index (κ3) is 4.50. The topological polar surface area (TPSA) is 124 Å². The Bertz CT molecular complexity index is 1700. The second kappa shape index (κ2) is 9.54. The maximum atomic E-state index is 13.5. The van der Waals surface area contributed by atoms with Gasteiger partial charge in [0.1, 0.15) is 16.9 Å². The van der Waals surface area contributed by atoms with Gasteiger partial charge in [0.15, 0.2) is 5.65 Å². The smallest absolute Gasteiger partial charge is 0.337 e. The van der Waals surface area contributed by atoms with Crippen molar-refractivity contribution in [3.8, 4) is 0 Å². The maximum Gasteiger partial charge on any atom is 0.337 e. The third-order valence-electron chi connectivity index (χ3n) is 6.00. The number of carbonyl (C=O) groups excluding carboxylic acids is 2. The lowest BCUT2D eigenvalue weighted by molar-refractivity contribution is 0.0600. The number of esters is 1. The first-order chi connectivity index (χ1) is 17.9. The van der Waals surface area contributed by atoms with Crippen molar-refractivity contribution >= 4 is 51.8 Å². The molecule has 9 heteroatoms. The summed E-state index contributed by atoms with van der Waals surface area (Å²) in [4.78, 5) is 34.6. The summed E-state index contributed by atoms with van der Waals surface area (Å²) in [6.07, 6.45) is 1.57. The molecule has 0 radical (unpaired) electrons. The molecule has 9 nitrogen and oxygen atoms in total. The van der Waals surface area contributed by atoms with Gasteiger partial charge in [-0.1, -0.05) is 36.4 Å². The fourth-order valence-corrected chi connectivity index (χ4v) is 3.99. The molecule has 2 aromatic heterocycles. The van der Waals surface area contributed by atoms with Gasteiger partial charge in [0.05, 0.1) is 29.9 Å². The Labute approximate surface area is 212 Å². The highest BCUT2D eigenvalue weighted by Crippen LogP contribution is 2.29. The van der Waals surface area contributed by atoms with Crippen molar-refractivity contribution in [2.24, 2.45) is 5.10 Å². The number of fused-ring (bicyclic) bond motifs is 2. The second-order valence-corrected chi connectivity index (χ2v) is 8.59. The maximum absolute atomic E-state index is 13.5. The molecule has 5 aromatic rings. The van der Waals surface area contributed by atoms with Gasteiger partial charge in [0.2, 0.25) is 0 Å². The van der Waals surface area contributed by atoms with Crippen molar-refractivity contribution in [3.63, 3.8) is 0 Å². The standard InChI is InChI=1S/C28H24N6O3/c1-16-8-9-17(2)22(14-16)33-27(35)23-24-26(32-21-7-5-4-6-20(21)31-24)34(25(23)29)30-15-18-10-12-19(13-11-18)28(36)37-3/h4-15H,29H2,1-3H3,(H,33,35)/b30-15-. The summed E-state index contributed by atoms with van der Waals surface area (Å²) in [5.41, 5.74) is 12.4. The number of hydrogen-bond donors (Lipinski definition) is 2. The van der Waals surface area contributed by atoms with Crippen molar-refractivity contribution in [1.82, 2.24) is 14.6 Å². The summed E-state index contributed by atoms with van der Waals surface area (Å²) in [5.74, 6) is -0.724. The van der Waals surface area contributed by atoms with E-state index < -0.39 is 11.9 Å². The summed E-state index contributed by atoms with van der Waals surface area (Å²) >= 11 is 0. The van der Waals surface area contributed by atoms with Gasteiger partial charge in [-0.25, -0.2) is 14.8 Å². The van der Waals surface area contributed by atoms with Crippen molar-refractivity contribution in [2.75, 3.05) is 18.2 Å². The van der Waals surface area contributed by atoms with Crippen molar-refractivity contribution in [1.29, 1.82) is 0 Å². The molecule has 37 heavy (non-hydrogen) atoms. The molecule has 0 aliphatic carbocycles. The number of rotatable bonds is 5.